The number of nitrogens with zero attached hydrogens (tertiary/aromatic N) is 1. The normalized spacial score (nSPS) is 13.5. The number of methoxy groups -OCH3 is 1. The first-order chi connectivity index (χ1) is 10.0. The number of benzene rings is 2. The van der Waals surface area contributed by atoms with Crippen LogP contribution in [0.4, 0.5) is 11.4 Å². The minimum Gasteiger partial charge on any atom is -0.497 e. The Bertz CT molecular complexity index is 743. The van der Waals surface area contributed by atoms with Gasteiger partial charge < -0.3 is 15.4 Å². The highest BCUT2D eigenvalue weighted by molar-refractivity contribution is 6.33. The highest BCUT2D eigenvalue weighted by Gasteiger charge is 2.24. The van der Waals surface area contributed by atoms with Gasteiger partial charge in [0.2, 0.25) is 5.91 Å². The van der Waals surface area contributed by atoms with E-state index in [1.165, 1.54) is 0 Å². The lowest BCUT2D eigenvalue weighted by Gasteiger charge is -2.18. The second kappa shape index (κ2) is 4.97. The van der Waals surface area contributed by atoms with Gasteiger partial charge >= 0.3 is 0 Å². The van der Waals surface area contributed by atoms with Crippen LogP contribution in [0.25, 0.3) is 11.1 Å². The fourth-order valence-corrected chi connectivity index (χ4v) is 2.76. The number of nitrogens with two attached hydrogens (primary N) is 1. The summed E-state index contributed by atoms with van der Waals surface area (Å²) in [5, 5.41) is 0.485. The molecule has 108 valence electrons. The first-order valence-electron chi connectivity index (χ1n) is 6.54. The van der Waals surface area contributed by atoms with Crippen LogP contribution in [0.2, 0.25) is 5.02 Å². The van der Waals surface area contributed by atoms with Crippen molar-refractivity contribution < 1.29 is 9.53 Å². The average molecular weight is 303 g/mol. The molecule has 5 heteroatoms. The van der Waals surface area contributed by atoms with Crippen molar-refractivity contribution in [2.75, 3.05) is 24.8 Å². The van der Waals surface area contributed by atoms with Gasteiger partial charge in [0, 0.05) is 12.6 Å². The quantitative estimate of drug-likeness (QED) is 0.824. The lowest BCUT2D eigenvalue weighted by atomic mass is 9.97. The summed E-state index contributed by atoms with van der Waals surface area (Å²) in [4.78, 5) is 14.0. The van der Waals surface area contributed by atoms with Gasteiger partial charge in [-0.05, 0) is 35.4 Å². The Labute approximate surface area is 128 Å². The highest BCUT2D eigenvalue weighted by Crippen LogP contribution is 2.41. The number of likely N-dealkylation sites (N-methyl/N-ethyl adjacent to an activating group) is 1. The molecule has 1 amide bonds. The van der Waals surface area contributed by atoms with Crippen LogP contribution < -0.4 is 15.4 Å². The lowest BCUT2D eigenvalue weighted by Crippen LogP contribution is -2.26. The van der Waals surface area contributed by atoms with Gasteiger partial charge in [0.1, 0.15) is 5.75 Å². The monoisotopic (exact) mass is 302 g/mol. The fraction of sp³-hybridized carbons (Fsp3) is 0.188. The number of fused-ring (bicyclic) bond motifs is 3. The van der Waals surface area contributed by atoms with E-state index in [0.29, 0.717) is 17.1 Å². The van der Waals surface area contributed by atoms with Crippen LogP contribution in [0.3, 0.4) is 0 Å². The average Bonchev–Trinajstić information content (AvgIpc) is 2.57. The molecule has 0 saturated carbocycles. The van der Waals surface area contributed by atoms with E-state index in [1.807, 2.05) is 24.3 Å². The molecule has 0 unspecified atom stereocenters. The van der Waals surface area contributed by atoms with Gasteiger partial charge in [-0.1, -0.05) is 17.7 Å². The van der Waals surface area contributed by atoms with Crippen molar-refractivity contribution in [1.29, 1.82) is 0 Å². The number of carbonyl (C=O) groups is 1. The van der Waals surface area contributed by atoms with Crippen molar-refractivity contribution in [3.63, 3.8) is 0 Å². The predicted octanol–water partition coefficient (Wildman–Crippen LogP) is 3.12. The van der Waals surface area contributed by atoms with E-state index in [0.717, 1.165) is 28.1 Å². The van der Waals surface area contributed by atoms with Gasteiger partial charge in [-0.25, -0.2) is 0 Å². The van der Waals surface area contributed by atoms with Crippen LogP contribution in [0, 0.1) is 0 Å². The summed E-state index contributed by atoms with van der Waals surface area (Å²) in [6.45, 7) is 0. The minimum absolute atomic E-state index is 0.00461. The molecular formula is C16H15ClN2O2. The van der Waals surface area contributed by atoms with E-state index in [2.05, 4.69) is 0 Å². The van der Waals surface area contributed by atoms with Crippen molar-refractivity contribution in [3.05, 3.63) is 40.9 Å². The molecule has 2 aromatic carbocycles. The van der Waals surface area contributed by atoms with Gasteiger partial charge in [0.25, 0.3) is 0 Å². The Morgan fingerprint density at radius 1 is 1.24 bits per heavy atom. The van der Waals surface area contributed by atoms with E-state index >= 15 is 0 Å². The molecule has 0 radical (unpaired) electrons. The van der Waals surface area contributed by atoms with Crippen LogP contribution in [0.15, 0.2) is 30.3 Å². The van der Waals surface area contributed by atoms with E-state index in [-0.39, 0.29) is 5.91 Å². The largest absolute Gasteiger partial charge is 0.497 e. The molecule has 0 atom stereocenters. The van der Waals surface area contributed by atoms with Crippen LogP contribution >= 0.6 is 11.6 Å². The molecule has 4 nitrogen and oxygen atoms in total. The first kappa shape index (κ1) is 13.8. The van der Waals surface area contributed by atoms with Crippen molar-refractivity contribution in [2.24, 2.45) is 0 Å². The van der Waals surface area contributed by atoms with E-state index < -0.39 is 0 Å². The zero-order chi connectivity index (χ0) is 15.1. The van der Waals surface area contributed by atoms with Crippen molar-refractivity contribution >= 4 is 28.9 Å². The van der Waals surface area contributed by atoms with Crippen LogP contribution in [-0.4, -0.2) is 20.1 Å². The number of amides is 1. The fourth-order valence-electron chi connectivity index (χ4n) is 2.59. The highest BCUT2D eigenvalue weighted by atomic mass is 35.5. The Morgan fingerprint density at radius 3 is 2.71 bits per heavy atom. The van der Waals surface area contributed by atoms with Crippen LogP contribution in [0.5, 0.6) is 5.75 Å². The molecule has 3 rings (SSSR count). The number of rotatable bonds is 1. The molecule has 21 heavy (non-hydrogen) atoms. The smallest absolute Gasteiger partial charge is 0.231 e. The second-order valence-electron chi connectivity index (χ2n) is 5.04. The molecule has 0 bridgehead atoms. The summed E-state index contributed by atoms with van der Waals surface area (Å²) < 4.78 is 5.24. The molecule has 0 saturated heterocycles. The molecule has 0 fully saturated rings. The molecule has 1 heterocycles. The van der Waals surface area contributed by atoms with Gasteiger partial charge in [-0.2, -0.15) is 0 Å². The maximum Gasteiger partial charge on any atom is 0.231 e. The summed E-state index contributed by atoms with van der Waals surface area (Å²) in [7, 11) is 3.36. The Hall–Kier alpha value is -2.20. The number of halogens is 1. The molecule has 0 spiro atoms. The zero-order valence-corrected chi connectivity index (χ0v) is 12.6. The topological polar surface area (TPSA) is 55.6 Å². The Morgan fingerprint density at radius 2 is 2.00 bits per heavy atom. The van der Waals surface area contributed by atoms with Crippen LogP contribution in [0.1, 0.15) is 5.56 Å². The maximum absolute atomic E-state index is 12.3. The molecule has 1 aliphatic rings. The molecule has 1 aliphatic heterocycles. The molecular weight excluding hydrogens is 288 g/mol. The zero-order valence-electron chi connectivity index (χ0n) is 11.8. The maximum atomic E-state index is 12.3. The third kappa shape index (κ3) is 2.21. The number of carbonyl (C=O) groups excluding carboxylic acids is 1. The lowest BCUT2D eigenvalue weighted by molar-refractivity contribution is -0.117. The van der Waals surface area contributed by atoms with Gasteiger partial charge in [0.05, 0.1) is 29.9 Å². The Kier molecular flexibility index (Phi) is 3.26. The van der Waals surface area contributed by atoms with Gasteiger partial charge in [-0.15, -0.1) is 0 Å². The molecule has 0 aromatic heterocycles. The summed E-state index contributed by atoms with van der Waals surface area (Å²) in [6.07, 6.45) is 0.315. The summed E-state index contributed by atoms with van der Waals surface area (Å²) in [5.41, 5.74) is 9.91. The third-order valence-corrected chi connectivity index (χ3v) is 4.12. The van der Waals surface area contributed by atoms with Crippen molar-refractivity contribution in [3.8, 4) is 16.9 Å². The minimum atomic E-state index is 0.00461. The molecule has 2 N–H and O–H groups in total. The third-order valence-electron chi connectivity index (χ3n) is 3.79. The number of nitrogen functional groups attached to an aromatic ring is 1. The number of anilines is 2. The van der Waals surface area contributed by atoms with E-state index in [4.69, 9.17) is 22.1 Å². The second-order valence-corrected chi connectivity index (χ2v) is 5.45. The van der Waals surface area contributed by atoms with E-state index in [9.17, 15) is 4.79 Å². The van der Waals surface area contributed by atoms with Crippen LogP contribution in [-0.2, 0) is 11.2 Å². The number of hydrogen-bond donors (Lipinski definition) is 1. The number of ether oxygens (including phenoxy) is 1. The standard InChI is InChI=1S/C16H15ClN2O2/c1-19-15-8-14(18)13(17)7-12(15)11-4-3-10(21-2)5-9(11)6-16(19)20/h3-5,7-8H,6,18H2,1-2H3. The number of hydrogen-bond acceptors (Lipinski definition) is 3. The first-order valence-corrected chi connectivity index (χ1v) is 6.92. The van der Waals surface area contributed by atoms with E-state index in [1.54, 1.807) is 25.1 Å². The SMILES string of the molecule is COc1ccc2c(c1)CC(=O)N(C)c1cc(N)c(Cl)cc1-2. The summed E-state index contributed by atoms with van der Waals surface area (Å²) in [6, 6.07) is 9.27. The molecule has 0 aliphatic carbocycles. The summed E-state index contributed by atoms with van der Waals surface area (Å²) in [5.74, 6) is 0.735. The summed E-state index contributed by atoms with van der Waals surface area (Å²) >= 11 is 6.15. The van der Waals surface area contributed by atoms with Crippen molar-refractivity contribution in [1.82, 2.24) is 0 Å². The van der Waals surface area contributed by atoms with Gasteiger partial charge in [-0.3, -0.25) is 4.79 Å². The molecule has 2 aromatic rings. The van der Waals surface area contributed by atoms with Crippen molar-refractivity contribution in [2.45, 2.75) is 6.42 Å². The van der Waals surface area contributed by atoms with Gasteiger partial charge in [0.15, 0.2) is 0 Å². The predicted molar refractivity (Wildman–Crippen MR) is 85.0 cm³/mol. The Balaban J connectivity index is 2.31.